The molecule has 0 unspecified atom stereocenters. The van der Waals surface area contributed by atoms with Crippen molar-refractivity contribution in [2.75, 3.05) is 26.8 Å². The third kappa shape index (κ3) is 3.55. The van der Waals surface area contributed by atoms with Crippen molar-refractivity contribution in [3.05, 3.63) is 35.8 Å². The van der Waals surface area contributed by atoms with Crippen molar-refractivity contribution in [2.45, 2.75) is 13.5 Å². The number of hydrogen-bond donors (Lipinski definition) is 2. The van der Waals surface area contributed by atoms with Crippen molar-refractivity contribution in [1.82, 2.24) is 20.0 Å². The number of carbonyl (C=O) groups excluding carboxylic acids is 1. The number of fused-ring (bicyclic) bond motifs is 1. The second kappa shape index (κ2) is 7.02. The van der Waals surface area contributed by atoms with E-state index < -0.39 is 0 Å². The summed E-state index contributed by atoms with van der Waals surface area (Å²) in [4.78, 5) is 16.0. The first-order valence-electron chi connectivity index (χ1n) is 6.61. The van der Waals surface area contributed by atoms with E-state index in [4.69, 9.17) is 4.74 Å². The van der Waals surface area contributed by atoms with Crippen LogP contribution >= 0.6 is 0 Å². The van der Waals surface area contributed by atoms with Gasteiger partial charge in [0.15, 0.2) is 0 Å². The topological polar surface area (TPSA) is 67.7 Å². The van der Waals surface area contributed by atoms with Gasteiger partial charge in [-0.05, 0) is 19.1 Å². The van der Waals surface area contributed by atoms with E-state index in [1.54, 1.807) is 7.11 Å². The molecule has 2 rings (SSSR count). The molecule has 0 fully saturated rings. The average molecular weight is 276 g/mol. The number of carbonyl (C=O) groups is 1. The Morgan fingerprint density at radius 2 is 2.30 bits per heavy atom. The van der Waals surface area contributed by atoms with Crippen LogP contribution in [-0.4, -0.2) is 42.1 Å². The van der Waals surface area contributed by atoms with Gasteiger partial charge >= 0.3 is 0 Å². The second-order valence-corrected chi connectivity index (χ2v) is 4.52. The number of rotatable bonds is 7. The summed E-state index contributed by atoms with van der Waals surface area (Å²) in [6.07, 6.45) is 1.98. The molecule has 0 saturated carbocycles. The molecule has 0 aromatic carbocycles. The van der Waals surface area contributed by atoms with E-state index in [-0.39, 0.29) is 12.5 Å². The third-order valence-electron chi connectivity index (χ3n) is 3.04. The number of aromatic nitrogens is 2. The molecule has 6 nitrogen and oxygen atoms in total. The van der Waals surface area contributed by atoms with Crippen molar-refractivity contribution < 1.29 is 9.53 Å². The Balaban J connectivity index is 1.87. The molecule has 0 aliphatic heterocycles. The quantitative estimate of drug-likeness (QED) is 0.723. The summed E-state index contributed by atoms with van der Waals surface area (Å²) in [6, 6.07) is 5.89. The summed E-state index contributed by atoms with van der Waals surface area (Å²) in [6.45, 7) is 3.92. The van der Waals surface area contributed by atoms with E-state index in [0.717, 1.165) is 17.0 Å². The van der Waals surface area contributed by atoms with Crippen molar-refractivity contribution >= 4 is 11.6 Å². The maximum absolute atomic E-state index is 11.5. The molecule has 2 aromatic rings. The van der Waals surface area contributed by atoms with Crippen LogP contribution in [0.3, 0.4) is 0 Å². The fourth-order valence-corrected chi connectivity index (χ4v) is 2.03. The Kier molecular flexibility index (Phi) is 5.09. The lowest BCUT2D eigenvalue weighted by Crippen LogP contribution is -2.35. The van der Waals surface area contributed by atoms with Crippen molar-refractivity contribution in [3.8, 4) is 0 Å². The maximum atomic E-state index is 11.5. The molecule has 2 aromatic heterocycles. The predicted molar refractivity (Wildman–Crippen MR) is 76.5 cm³/mol. The van der Waals surface area contributed by atoms with Gasteiger partial charge < -0.3 is 19.8 Å². The van der Waals surface area contributed by atoms with Crippen LogP contribution in [0.15, 0.2) is 24.4 Å². The molecule has 0 radical (unpaired) electrons. The minimum Gasteiger partial charge on any atom is -0.383 e. The summed E-state index contributed by atoms with van der Waals surface area (Å²) in [7, 11) is 1.61. The highest BCUT2D eigenvalue weighted by molar-refractivity contribution is 5.77. The van der Waals surface area contributed by atoms with E-state index >= 15 is 0 Å². The van der Waals surface area contributed by atoms with Crippen LogP contribution in [0, 0.1) is 6.92 Å². The van der Waals surface area contributed by atoms with Crippen molar-refractivity contribution in [2.24, 2.45) is 0 Å². The average Bonchev–Trinajstić information content (AvgIpc) is 2.75. The van der Waals surface area contributed by atoms with Gasteiger partial charge in [-0.1, -0.05) is 6.07 Å². The van der Waals surface area contributed by atoms with Crippen LogP contribution < -0.4 is 10.6 Å². The molecule has 108 valence electrons. The smallest absolute Gasteiger partial charge is 0.234 e. The SMILES string of the molecule is COCCNC(=O)CNCc1c(C)nc2ccccn12. The van der Waals surface area contributed by atoms with Gasteiger partial charge in [0.1, 0.15) is 5.65 Å². The first kappa shape index (κ1) is 14.5. The molecular formula is C14H20N4O2. The molecule has 0 saturated heterocycles. The van der Waals surface area contributed by atoms with Crippen LogP contribution in [0.25, 0.3) is 5.65 Å². The Morgan fingerprint density at radius 3 is 3.10 bits per heavy atom. The number of ether oxygens (including phenoxy) is 1. The molecule has 0 bridgehead atoms. The molecular weight excluding hydrogens is 256 g/mol. The summed E-state index contributed by atoms with van der Waals surface area (Å²) in [5.41, 5.74) is 2.97. The number of amides is 1. The molecule has 2 N–H and O–H groups in total. The second-order valence-electron chi connectivity index (χ2n) is 4.52. The minimum absolute atomic E-state index is 0.0338. The highest BCUT2D eigenvalue weighted by Gasteiger charge is 2.08. The van der Waals surface area contributed by atoms with Crippen molar-refractivity contribution in [1.29, 1.82) is 0 Å². The van der Waals surface area contributed by atoms with E-state index in [1.807, 2.05) is 35.7 Å². The monoisotopic (exact) mass is 276 g/mol. The Morgan fingerprint density at radius 1 is 1.45 bits per heavy atom. The Hall–Kier alpha value is -1.92. The fraction of sp³-hybridized carbons (Fsp3) is 0.429. The van der Waals surface area contributed by atoms with Crippen LogP contribution in [-0.2, 0) is 16.1 Å². The van der Waals surface area contributed by atoms with Gasteiger partial charge in [-0.2, -0.15) is 0 Å². The molecule has 6 heteroatoms. The number of nitrogens with one attached hydrogen (secondary N) is 2. The third-order valence-corrected chi connectivity index (χ3v) is 3.04. The van der Waals surface area contributed by atoms with Crippen LogP contribution in [0.4, 0.5) is 0 Å². The number of methoxy groups -OCH3 is 1. The molecule has 20 heavy (non-hydrogen) atoms. The van der Waals surface area contributed by atoms with Gasteiger partial charge in [-0.25, -0.2) is 4.98 Å². The molecule has 0 atom stereocenters. The van der Waals surface area contributed by atoms with Crippen LogP contribution in [0.1, 0.15) is 11.4 Å². The Labute approximate surface area is 118 Å². The van der Waals surface area contributed by atoms with E-state index in [0.29, 0.717) is 19.7 Å². The number of aryl methyl sites for hydroxylation is 1. The number of pyridine rings is 1. The fourth-order valence-electron chi connectivity index (χ4n) is 2.03. The van der Waals surface area contributed by atoms with Gasteiger partial charge in [0.05, 0.1) is 24.5 Å². The zero-order valence-corrected chi connectivity index (χ0v) is 11.8. The van der Waals surface area contributed by atoms with Crippen molar-refractivity contribution in [3.63, 3.8) is 0 Å². The standard InChI is InChI=1S/C14H20N4O2/c1-11-12(18-7-4-3-5-13(18)17-11)9-15-10-14(19)16-6-8-20-2/h3-5,7,15H,6,8-10H2,1-2H3,(H,16,19). The summed E-state index contributed by atoms with van der Waals surface area (Å²) in [5.74, 6) is -0.0338. The largest absolute Gasteiger partial charge is 0.383 e. The maximum Gasteiger partial charge on any atom is 0.234 e. The highest BCUT2D eigenvalue weighted by atomic mass is 16.5. The van der Waals surface area contributed by atoms with Gasteiger partial charge in [0.25, 0.3) is 0 Å². The Bertz CT molecular complexity index is 580. The van der Waals surface area contributed by atoms with Gasteiger partial charge in [-0.3, -0.25) is 4.79 Å². The normalized spacial score (nSPS) is 10.9. The summed E-state index contributed by atoms with van der Waals surface area (Å²) in [5, 5.41) is 5.90. The molecule has 2 heterocycles. The molecule has 0 spiro atoms. The van der Waals surface area contributed by atoms with E-state index in [9.17, 15) is 4.79 Å². The number of imidazole rings is 1. The molecule has 0 aliphatic rings. The lowest BCUT2D eigenvalue weighted by Gasteiger charge is -2.07. The number of nitrogens with zero attached hydrogens (tertiary/aromatic N) is 2. The first-order chi connectivity index (χ1) is 9.72. The van der Waals surface area contributed by atoms with E-state index in [1.165, 1.54) is 0 Å². The summed E-state index contributed by atoms with van der Waals surface area (Å²) < 4.78 is 6.91. The lowest BCUT2D eigenvalue weighted by atomic mass is 10.3. The van der Waals surface area contributed by atoms with Gasteiger partial charge in [-0.15, -0.1) is 0 Å². The first-order valence-corrected chi connectivity index (χ1v) is 6.61. The molecule has 1 amide bonds. The van der Waals surface area contributed by atoms with Gasteiger partial charge in [0.2, 0.25) is 5.91 Å². The van der Waals surface area contributed by atoms with Crippen LogP contribution in [0.2, 0.25) is 0 Å². The van der Waals surface area contributed by atoms with E-state index in [2.05, 4.69) is 15.6 Å². The zero-order chi connectivity index (χ0) is 14.4. The lowest BCUT2D eigenvalue weighted by molar-refractivity contribution is -0.120. The van der Waals surface area contributed by atoms with Crippen LogP contribution in [0.5, 0.6) is 0 Å². The predicted octanol–water partition coefficient (Wildman–Crippen LogP) is 0.495. The summed E-state index contributed by atoms with van der Waals surface area (Å²) >= 11 is 0. The minimum atomic E-state index is -0.0338. The number of hydrogen-bond acceptors (Lipinski definition) is 4. The zero-order valence-electron chi connectivity index (χ0n) is 11.8. The van der Waals surface area contributed by atoms with Gasteiger partial charge in [0, 0.05) is 26.4 Å². The molecule has 0 aliphatic carbocycles. The highest BCUT2D eigenvalue weighted by Crippen LogP contribution is 2.10.